The number of rotatable bonds is 4. The minimum absolute atomic E-state index is 0.183. The fourth-order valence-electron chi connectivity index (χ4n) is 4.73. The highest BCUT2D eigenvalue weighted by atomic mass is 16.2. The Balaban J connectivity index is 1.33. The van der Waals surface area contributed by atoms with Crippen LogP contribution in [0.5, 0.6) is 0 Å². The first-order chi connectivity index (χ1) is 11.3. The lowest BCUT2D eigenvalue weighted by Gasteiger charge is -2.37. The quantitative estimate of drug-likeness (QED) is 0.860. The predicted octanol–water partition coefficient (Wildman–Crippen LogP) is 3.47. The maximum Gasteiger partial charge on any atom is 0.317 e. The monoisotopic (exact) mass is 321 g/mol. The van der Waals surface area contributed by atoms with Gasteiger partial charge in [0.2, 0.25) is 0 Å². The van der Waals surface area contributed by atoms with E-state index in [1.54, 1.807) is 0 Å². The van der Waals surface area contributed by atoms with E-state index in [-0.39, 0.29) is 6.03 Å². The molecule has 23 heavy (non-hydrogen) atoms. The number of carbonyl (C=O) groups is 1. The van der Waals surface area contributed by atoms with Crippen molar-refractivity contribution in [1.82, 2.24) is 15.1 Å². The number of hydrogen-bond acceptors (Lipinski definition) is 2. The van der Waals surface area contributed by atoms with E-state index in [4.69, 9.17) is 0 Å². The molecular weight excluding hydrogens is 286 g/mol. The summed E-state index contributed by atoms with van der Waals surface area (Å²) in [5.74, 6) is 1.65. The molecule has 3 fully saturated rings. The third-order valence-electron chi connectivity index (χ3n) is 6.49. The van der Waals surface area contributed by atoms with Crippen LogP contribution in [0.15, 0.2) is 0 Å². The first-order valence-electron chi connectivity index (χ1n) is 10.0. The first-order valence-corrected chi connectivity index (χ1v) is 10.0. The second-order valence-electron chi connectivity index (χ2n) is 7.94. The topological polar surface area (TPSA) is 35.6 Å². The summed E-state index contributed by atoms with van der Waals surface area (Å²) in [6.07, 6.45) is 11.7. The number of carbonyl (C=O) groups excluding carboxylic acids is 1. The van der Waals surface area contributed by atoms with Crippen molar-refractivity contribution in [3.05, 3.63) is 0 Å². The van der Waals surface area contributed by atoms with Gasteiger partial charge in [0.15, 0.2) is 0 Å². The molecule has 3 aliphatic rings. The van der Waals surface area contributed by atoms with Gasteiger partial charge >= 0.3 is 6.03 Å². The molecule has 0 unspecified atom stereocenters. The Kier molecular flexibility index (Phi) is 6.21. The van der Waals surface area contributed by atoms with Gasteiger partial charge in [-0.2, -0.15) is 0 Å². The Hall–Kier alpha value is -0.770. The van der Waals surface area contributed by atoms with Crippen LogP contribution < -0.4 is 5.32 Å². The zero-order valence-electron chi connectivity index (χ0n) is 14.9. The molecule has 4 nitrogen and oxygen atoms in total. The Morgan fingerprint density at radius 2 is 1.52 bits per heavy atom. The Labute approximate surface area is 142 Å². The molecule has 2 aliphatic heterocycles. The highest BCUT2D eigenvalue weighted by Crippen LogP contribution is 2.30. The van der Waals surface area contributed by atoms with Gasteiger partial charge in [-0.1, -0.05) is 26.2 Å². The van der Waals surface area contributed by atoms with E-state index in [1.165, 1.54) is 58.0 Å². The van der Waals surface area contributed by atoms with Crippen LogP contribution in [0, 0.1) is 11.8 Å². The molecule has 2 heterocycles. The summed E-state index contributed by atoms with van der Waals surface area (Å²) in [6, 6.07) is 0.911. The number of piperidine rings is 1. The lowest BCUT2D eigenvalue weighted by atomic mass is 9.81. The lowest BCUT2D eigenvalue weighted by Crippen LogP contribution is -2.49. The van der Waals surface area contributed by atoms with Crippen molar-refractivity contribution in [3.63, 3.8) is 0 Å². The summed E-state index contributed by atoms with van der Waals surface area (Å²) < 4.78 is 0. The highest BCUT2D eigenvalue weighted by Gasteiger charge is 2.28. The van der Waals surface area contributed by atoms with Gasteiger partial charge in [-0.05, 0) is 63.5 Å². The average Bonchev–Trinajstić information content (AvgIpc) is 3.15. The van der Waals surface area contributed by atoms with Crippen LogP contribution in [0.3, 0.4) is 0 Å². The molecule has 0 bridgehead atoms. The fraction of sp³-hybridized carbons (Fsp3) is 0.947. The van der Waals surface area contributed by atoms with Crippen molar-refractivity contribution in [2.75, 3.05) is 32.7 Å². The van der Waals surface area contributed by atoms with Crippen LogP contribution in [0.25, 0.3) is 0 Å². The van der Waals surface area contributed by atoms with Gasteiger partial charge in [0.05, 0.1) is 0 Å². The molecule has 0 spiro atoms. The third-order valence-corrected chi connectivity index (χ3v) is 6.49. The Morgan fingerprint density at radius 3 is 2.13 bits per heavy atom. The average molecular weight is 322 g/mol. The molecular formula is C19H35N3O. The van der Waals surface area contributed by atoms with Crippen LogP contribution in [0.4, 0.5) is 4.79 Å². The second-order valence-corrected chi connectivity index (χ2v) is 7.94. The number of amides is 2. The van der Waals surface area contributed by atoms with E-state index in [0.29, 0.717) is 5.92 Å². The second kappa shape index (κ2) is 8.36. The minimum Gasteiger partial charge on any atom is -0.338 e. The van der Waals surface area contributed by atoms with Crippen LogP contribution >= 0.6 is 0 Å². The van der Waals surface area contributed by atoms with Crippen LogP contribution in [-0.4, -0.2) is 54.6 Å². The lowest BCUT2D eigenvalue weighted by molar-refractivity contribution is 0.132. The van der Waals surface area contributed by atoms with E-state index < -0.39 is 0 Å². The van der Waals surface area contributed by atoms with Gasteiger partial charge < -0.3 is 15.1 Å². The minimum atomic E-state index is 0.183. The van der Waals surface area contributed by atoms with Gasteiger partial charge in [-0.25, -0.2) is 4.79 Å². The fourth-order valence-corrected chi connectivity index (χ4v) is 4.73. The van der Waals surface area contributed by atoms with Crippen LogP contribution in [0.1, 0.15) is 64.7 Å². The van der Waals surface area contributed by atoms with E-state index in [1.807, 2.05) is 4.90 Å². The molecule has 0 aromatic heterocycles. The SMILES string of the molecule is CCC1CCC(CNC(=O)N2CCC(N3CCCC3)CC2)CC1. The van der Waals surface area contributed by atoms with Crippen molar-refractivity contribution in [1.29, 1.82) is 0 Å². The highest BCUT2D eigenvalue weighted by molar-refractivity contribution is 5.74. The van der Waals surface area contributed by atoms with Crippen molar-refractivity contribution in [3.8, 4) is 0 Å². The zero-order chi connectivity index (χ0) is 16.1. The number of nitrogens with one attached hydrogen (secondary N) is 1. The van der Waals surface area contributed by atoms with E-state index >= 15 is 0 Å². The maximum atomic E-state index is 12.4. The largest absolute Gasteiger partial charge is 0.338 e. The number of likely N-dealkylation sites (tertiary alicyclic amines) is 2. The molecule has 4 heteroatoms. The van der Waals surface area contributed by atoms with Crippen molar-refractivity contribution >= 4 is 6.03 Å². The summed E-state index contributed by atoms with van der Waals surface area (Å²) in [6.45, 7) is 7.62. The normalized spacial score (nSPS) is 30.6. The molecule has 1 N–H and O–H groups in total. The maximum absolute atomic E-state index is 12.4. The summed E-state index contributed by atoms with van der Waals surface area (Å²) in [7, 11) is 0. The Morgan fingerprint density at radius 1 is 0.913 bits per heavy atom. The number of hydrogen-bond donors (Lipinski definition) is 1. The summed E-state index contributed by atoms with van der Waals surface area (Å²) in [5.41, 5.74) is 0. The third kappa shape index (κ3) is 4.62. The van der Waals surface area contributed by atoms with Crippen molar-refractivity contribution in [2.45, 2.75) is 70.8 Å². The van der Waals surface area contributed by atoms with Gasteiger partial charge in [0.1, 0.15) is 0 Å². The molecule has 0 aromatic carbocycles. The van der Waals surface area contributed by atoms with Crippen LogP contribution in [0.2, 0.25) is 0 Å². The van der Waals surface area contributed by atoms with Gasteiger partial charge in [-0.3, -0.25) is 0 Å². The smallest absolute Gasteiger partial charge is 0.317 e. The molecule has 132 valence electrons. The summed E-state index contributed by atoms with van der Waals surface area (Å²) in [5, 5.41) is 3.21. The standard InChI is InChI=1S/C19H35N3O/c1-2-16-5-7-17(8-6-16)15-20-19(23)22-13-9-18(10-14-22)21-11-3-4-12-21/h16-18H,2-15H2,1H3,(H,20,23). The molecule has 0 atom stereocenters. The molecule has 3 rings (SSSR count). The Bertz CT molecular complexity index is 365. The van der Waals surface area contributed by atoms with Gasteiger partial charge in [-0.15, -0.1) is 0 Å². The van der Waals surface area contributed by atoms with E-state index in [9.17, 15) is 4.79 Å². The molecule has 0 aromatic rings. The summed E-state index contributed by atoms with van der Waals surface area (Å²) >= 11 is 0. The molecule has 1 saturated carbocycles. The molecule has 2 amide bonds. The van der Waals surface area contributed by atoms with E-state index in [2.05, 4.69) is 17.1 Å². The molecule has 0 radical (unpaired) electrons. The van der Waals surface area contributed by atoms with Gasteiger partial charge in [0.25, 0.3) is 0 Å². The number of nitrogens with zero attached hydrogens (tertiary/aromatic N) is 2. The van der Waals surface area contributed by atoms with Crippen molar-refractivity contribution in [2.24, 2.45) is 11.8 Å². The van der Waals surface area contributed by atoms with Gasteiger partial charge in [0, 0.05) is 25.7 Å². The molecule has 1 aliphatic carbocycles. The number of urea groups is 1. The molecule has 2 saturated heterocycles. The zero-order valence-corrected chi connectivity index (χ0v) is 14.9. The van der Waals surface area contributed by atoms with Crippen molar-refractivity contribution < 1.29 is 4.79 Å². The summed E-state index contributed by atoms with van der Waals surface area (Å²) in [4.78, 5) is 17.1. The first kappa shape index (κ1) is 17.1. The predicted molar refractivity (Wildman–Crippen MR) is 94.5 cm³/mol. The van der Waals surface area contributed by atoms with E-state index in [0.717, 1.165) is 44.4 Å². The van der Waals surface area contributed by atoms with Crippen LogP contribution in [-0.2, 0) is 0 Å².